The van der Waals surface area contributed by atoms with Gasteiger partial charge < -0.3 is 0 Å². The molecule has 14 heavy (non-hydrogen) atoms. The minimum atomic E-state index is -0.0387. The van der Waals surface area contributed by atoms with Crippen LogP contribution < -0.4 is 10.6 Å². The Morgan fingerprint density at radius 3 is 2.14 bits per heavy atom. The Bertz CT molecular complexity index is 257. The van der Waals surface area contributed by atoms with Crippen molar-refractivity contribution in [3.05, 3.63) is 35.9 Å². The Morgan fingerprint density at radius 1 is 1.14 bits per heavy atom. The topological polar surface area (TPSA) is 24.1 Å². The van der Waals surface area contributed by atoms with Crippen molar-refractivity contribution >= 4 is 10.2 Å². The molecule has 0 heterocycles. The molecule has 1 aromatic rings. The summed E-state index contributed by atoms with van der Waals surface area (Å²) in [6.07, 6.45) is 1.15. The van der Waals surface area contributed by atoms with Crippen molar-refractivity contribution in [3.8, 4) is 0 Å². The second-order valence-corrected chi connectivity index (χ2v) is 4.52. The monoisotopic (exact) mass is 208 g/mol. The second kappa shape index (κ2) is 5.29. The molecule has 0 amide bonds. The maximum Gasteiger partial charge on any atom is 0.0941 e. The SMILES string of the molecule is CNC(CC[SiH3])(NC)c1ccccc1. The molecule has 0 aliphatic rings. The maximum atomic E-state index is 3.39. The molecule has 1 aromatic carbocycles. The smallest absolute Gasteiger partial charge is 0.0941 e. The first-order valence-corrected chi connectivity index (χ1v) is 6.64. The Labute approximate surface area is 89.5 Å². The van der Waals surface area contributed by atoms with Crippen LogP contribution in [0, 0.1) is 0 Å². The fraction of sp³-hybridized carbons (Fsp3) is 0.455. The van der Waals surface area contributed by atoms with Crippen LogP contribution in [0.4, 0.5) is 0 Å². The molecule has 1 rings (SSSR count). The fourth-order valence-corrected chi connectivity index (χ4v) is 2.66. The summed E-state index contributed by atoms with van der Waals surface area (Å²) in [5.74, 6) is 0. The van der Waals surface area contributed by atoms with Crippen molar-refractivity contribution in [2.24, 2.45) is 0 Å². The molecule has 0 aromatic heterocycles. The van der Waals surface area contributed by atoms with Gasteiger partial charge in [0, 0.05) is 10.2 Å². The lowest BCUT2D eigenvalue weighted by molar-refractivity contribution is 0.291. The van der Waals surface area contributed by atoms with Gasteiger partial charge in [-0.2, -0.15) is 0 Å². The number of hydrogen-bond acceptors (Lipinski definition) is 2. The molecule has 0 saturated heterocycles. The van der Waals surface area contributed by atoms with Crippen LogP contribution in [0.1, 0.15) is 12.0 Å². The van der Waals surface area contributed by atoms with Gasteiger partial charge in [-0.1, -0.05) is 36.4 Å². The van der Waals surface area contributed by atoms with Crippen LogP contribution in [-0.2, 0) is 5.66 Å². The van der Waals surface area contributed by atoms with Crippen LogP contribution in [0.3, 0.4) is 0 Å². The lowest BCUT2D eigenvalue weighted by Crippen LogP contribution is -2.50. The largest absolute Gasteiger partial charge is 0.299 e. The molecule has 0 radical (unpaired) electrons. The third-order valence-corrected chi connectivity index (χ3v) is 3.25. The summed E-state index contributed by atoms with van der Waals surface area (Å²) in [6, 6.07) is 11.9. The highest BCUT2D eigenvalue weighted by atomic mass is 28.1. The van der Waals surface area contributed by atoms with Crippen molar-refractivity contribution in [1.82, 2.24) is 10.6 Å². The van der Waals surface area contributed by atoms with Crippen molar-refractivity contribution in [2.45, 2.75) is 18.1 Å². The van der Waals surface area contributed by atoms with E-state index in [1.807, 2.05) is 14.1 Å². The van der Waals surface area contributed by atoms with Crippen LogP contribution in [0.15, 0.2) is 30.3 Å². The molecule has 2 N–H and O–H groups in total. The molecule has 0 saturated carbocycles. The minimum Gasteiger partial charge on any atom is -0.299 e. The summed E-state index contributed by atoms with van der Waals surface area (Å²) >= 11 is 0. The van der Waals surface area contributed by atoms with E-state index in [0.29, 0.717) is 0 Å². The molecule has 2 nitrogen and oxygen atoms in total. The van der Waals surface area contributed by atoms with Crippen molar-refractivity contribution < 1.29 is 0 Å². The molecule has 0 fully saturated rings. The normalized spacial score (nSPS) is 11.9. The van der Waals surface area contributed by atoms with Gasteiger partial charge in [-0.05, 0) is 26.1 Å². The van der Waals surface area contributed by atoms with Crippen LogP contribution in [-0.4, -0.2) is 24.3 Å². The van der Waals surface area contributed by atoms with Crippen molar-refractivity contribution in [2.75, 3.05) is 14.1 Å². The average molecular weight is 208 g/mol. The number of nitrogens with one attached hydrogen (secondary N) is 2. The molecule has 0 bridgehead atoms. The van der Waals surface area contributed by atoms with Gasteiger partial charge in [0.15, 0.2) is 0 Å². The highest BCUT2D eigenvalue weighted by molar-refractivity contribution is 6.08. The van der Waals surface area contributed by atoms with E-state index in [0.717, 1.165) is 6.42 Å². The fourth-order valence-electron chi connectivity index (χ4n) is 1.91. The Morgan fingerprint density at radius 2 is 1.71 bits per heavy atom. The highest BCUT2D eigenvalue weighted by Gasteiger charge is 2.26. The van der Waals surface area contributed by atoms with Gasteiger partial charge in [-0.3, -0.25) is 10.6 Å². The molecular formula is C11H20N2Si. The Hall–Kier alpha value is -0.643. The predicted molar refractivity (Wildman–Crippen MR) is 65.6 cm³/mol. The molecule has 0 aliphatic carbocycles. The van der Waals surface area contributed by atoms with E-state index in [2.05, 4.69) is 41.0 Å². The van der Waals surface area contributed by atoms with Gasteiger partial charge >= 0.3 is 0 Å². The van der Waals surface area contributed by atoms with Gasteiger partial charge in [0.1, 0.15) is 0 Å². The summed E-state index contributed by atoms with van der Waals surface area (Å²) in [6.45, 7) is 0. The lowest BCUT2D eigenvalue weighted by Gasteiger charge is -2.33. The first-order chi connectivity index (χ1) is 6.79. The number of benzene rings is 1. The van der Waals surface area contributed by atoms with Crippen molar-refractivity contribution in [1.29, 1.82) is 0 Å². The van der Waals surface area contributed by atoms with Gasteiger partial charge in [-0.15, -0.1) is 0 Å². The Kier molecular flexibility index (Phi) is 4.32. The highest BCUT2D eigenvalue weighted by Crippen LogP contribution is 2.22. The summed E-state index contributed by atoms with van der Waals surface area (Å²) < 4.78 is 0. The standard InChI is InChI=1S/C11H20N2Si/c1-12-11(13-2,8-9-14)10-6-4-3-5-7-10/h3-7,12-13H,8-9H2,1-2,14H3. The number of rotatable bonds is 5. The van der Waals surface area contributed by atoms with E-state index < -0.39 is 0 Å². The van der Waals surface area contributed by atoms with Gasteiger partial charge in [0.25, 0.3) is 0 Å². The van der Waals surface area contributed by atoms with Gasteiger partial charge in [0.05, 0.1) is 5.66 Å². The third kappa shape index (κ3) is 2.23. The third-order valence-electron chi connectivity index (χ3n) is 2.75. The summed E-state index contributed by atoms with van der Waals surface area (Å²) in [5, 5.41) is 6.79. The molecular weight excluding hydrogens is 188 g/mol. The maximum absolute atomic E-state index is 3.39. The van der Waals surface area contributed by atoms with Crippen molar-refractivity contribution in [3.63, 3.8) is 0 Å². The van der Waals surface area contributed by atoms with E-state index in [1.165, 1.54) is 21.9 Å². The molecule has 78 valence electrons. The first kappa shape index (κ1) is 11.4. The average Bonchev–Trinajstić information content (AvgIpc) is 2.27. The van der Waals surface area contributed by atoms with Crippen LogP contribution in [0.25, 0.3) is 0 Å². The quantitative estimate of drug-likeness (QED) is 0.542. The molecule has 0 unspecified atom stereocenters. The van der Waals surface area contributed by atoms with E-state index >= 15 is 0 Å². The first-order valence-electron chi connectivity index (χ1n) is 5.22. The zero-order valence-corrected chi connectivity index (χ0v) is 11.3. The van der Waals surface area contributed by atoms with E-state index in [4.69, 9.17) is 0 Å². The minimum absolute atomic E-state index is 0.0387. The molecule has 0 aliphatic heterocycles. The second-order valence-electron chi connectivity index (χ2n) is 3.52. The summed E-state index contributed by atoms with van der Waals surface area (Å²) in [4.78, 5) is 0. The molecule has 0 atom stereocenters. The van der Waals surface area contributed by atoms with E-state index in [-0.39, 0.29) is 5.66 Å². The predicted octanol–water partition coefficient (Wildman–Crippen LogP) is 0.452. The van der Waals surface area contributed by atoms with Crippen LogP contribution in [0.2, 0.25) is 6.04 Å². The lowest BCUT2D eigenvalue weighted by atomic mass is 9.97. The number of hydrogen-bond donors (Lipinski definition) is 2. The van der Waals surface area contributed by atoms with Gasteiger partial charge in [0.2, 0.25) is 0 Å². The molecule has 3 heteroatoms. The van der Waals surface area contributed by atoms with Crippen LogP contribution >= 0.6 is 0 Å². The zero-order valence-electron chi connectivity index (χ0n) is 9.30. The van der Waals surface area contributed by atoms with Gasteiger partial charge in [-0.25, -0.2) is 0 Å². The van der Waals surface area contributed by atoms with Crippen LogP contribution in [0.5, 0.6) is 0 Å². The molecule has 0 spiro atoms. The summed E-state index contributed by atoms with van der Waals surface area (Å²) in [7, 11) is 5.28. The zero-order chi connectivity index (χ0) is 10.4. The van der Waals surface area contributed by atoms with E-state index in [1.54, 1.807) is 0 Å². The Balaban J connectivity index is 2.98. The van der Waals surface area contributed by atoms with E-state index in [9.17, 15) is 0 Å². The summed E-state index contributed by atoms with van der Waals surface area (Å²) in [5.41, 5.74) is 1.28.